The van der Waals surface area contributed by atoms with E-state index < -0.39 is 0 Å². The summed E-state index contributed by atoms with van der Waals surface area (Å²) in [5.41, 5.74) is 1.35. The Morgan fingerprint density at radius 1 is 1.00 bits per heavy atom. The zero-order valence-corrected chi connectivity index (χ0v) is 10.9. The first-order chi connectivity index (χ1) is 8.09. The van der Waals surface area contributed by atoms with E-state index in [1.807, 2.05) is 20.0 Å². The Morgan fingerprint density at radius 2 is 1.76 bits per heavy atom. The molecular formula is C15H19NO. The Hall–Kier alpha value is -1.57. The zero-order valence-electron chi connectivity index (χ0n) is 10.9. The van der Waals surface area contributed by atoms with Crippen LogP contribution in [0.4, 0.5) is 0 Å². The molecule has 0 N–H and O–H groups in total. The first-order valence-corrected chi connectivity index (χ1v) is 6.14. The summed E-state index contributed by atoms with van der Waals surface area (Å²) in [6.45, 7) is 8.45. The second kappa shape index (κ2) is 4.74. The van der Waals surface area contributed by atoms with Crippen LogP contribution in [0.15, 0.2) is 30.5 Å². The smallest absolute Gasteiger partial charge is 0.221 e. The summed E-state index contributed by atoms with van der Waals surface area (Å²) < 4.78 is 5.75. The molecule has 0 bridgehead atoms. The van der Waals surface area contributed by atoms with Crippen LogP contribution >= 0.6 is 0 Å². The van der Waals surface area contributed by atoms with Gasteiger partial charge in [0.05, 0.1) is 6.10 Å². The number of hydrogen-bond donors (Lipinski definition) is 0. The predicted octanol–water partition coefficient (Wildman–Crippen LogP) is 4.15. The van der Waals surface area contributed by atoms with E-state index in [9.17, 15) is 0 Å². The number of rotatable bonds is 3. The van der Waals surface area contributed by atoms with Crippen molar-refractivity contribution in [3.8, 4) is 5.88 Å². The number of benzene rings is 1. The van der Waals surface area contributed by atoms with Gasteiger partial charge in [0.2, 0.25) is 5.88 Å². The van der Waals surface area contributed by atoms with Crippen LogP contribution in [-0.2, 0) is 0 Å². The van der Waals surface area contributed by atoms with Gasteiger partial charge in [0.25, 0.3) is 0 Å². The third-order valence-electron chi connectivity index (χ3n) is 2.77. The fourth-order valence-electron chi connectivity index (χ4n) is 2.03. The van der Waals surface area contributed by atoms with E-state index in [-0.39, 0.29) is 6.10 Å². The minimum Gasteiger partial charge on any atom is -0.475 e. The topological polar surface area (TPSA) is 22.1 Å². The fourth-order valence-corrected chi connectivity index (χ4v) is 2.03. The molecule has 0 radical (unpaired) electrons. The van der Waals surface area contributed by atoms with Crippen molar-refractivity contribution in [2.45, 2.75) is 39.7 Å². The van der Waals surface area contributed by atoms with Crippen molar-refractivity contribution >= 4 is 10.8 Å². The maximum Gasteiger partial charge on any atom is 0.221 e. The quantitative estimate of drug-likeness (QED) is 0.789. The number of aromatic nitrogens is 1. The molecule has 0 unspecified atom stereocenters. The Bertz CT molecular complexity index is 517. The molecule has 0 aliphatic heterocycles. The van der Waals surface area contributed by atoms with Crippen LogP contribution in [0.25, 0.3) is 10.8 Å². The molecule has 1 heterocycles. The van der Waals surface area contributed by atoms with Gasteiger partial charge in [-0.2, -0.15) is 0 Å². The molecule has 0 aliphatic rings. The normalized spacial score (nSPS) is 11.4. The number of ether oxygens (including phenoxy) is 1. The first-order valence-electron chi connectivity index (χ1n) is 6.14. The highest BCUT2D eigenvalue weighted by Crippen LogP contribution is 2.30. The van der Waals surface area contributed by atoms with Crippen LogP contribution in [0.2, 0.25) is 0 Å². The van der Waals surface area contributed by atoms with E-state index in [4.69, 9.17) is 4.74 Å². The van der Waals surface area contributed by atoms with Crippen LogP contribution in [0.1, 0.15) is 39.2 Å². The van der Waals surface area contributed by atoms with Crippen LogP contribution < -0.4 is 4.74 Å². The Morgan fingerprint density at radius 3 is 2.41 bits per heavy atom. The second-order valence-electron chi connectivity index (χ2n) is 4.88. The lowest BCUT2D eigenvalue weighted by molar-refractivity contribution is 0.236. The molecule has 0 atom stereocenters. The largest absolute Gasteiger partial charge is 0.475 e. The van der Waals surface area contributed by atoms with Gasteiger partial charge in [0, 0.05) is 11.6 Å². The van der Waals surface area contributed by atoms with E-state index in [2.05, 4.69) is 43.1 Å². The summed E-state index contributed by atoms with van der Waals surface area (Å²) in [4.78, 5) is 4.33. The van der Waals surface area contributed by atoms with E-state index in [1.54, 1.807) is 0 Å². The second-order valence-corrected chi connectivity index (χ2v) is 4.88. The third kappa shape index (κ3) is 2.41. The van der Waals surface area contributed by atoms with Crippen LogP contribution in [-0.4, -0.2) is 11.1 Å². The van der Waals surface area contributed by atoms with Crippen molar-refractivity contribution in [1.82, 2.24) is 4.98 Å². The minimum absolute atomic E-state index is 0.149. The minimum atomic E-state index is 0.149. The fraction of sp³-hybridized carbons (Fsp3) is 0.400. The summed E-state index contributed by atoms with van der Waals surface area (Å²) in [5.74, 6) is 1.24. The van der Waals surface area contributed by atoms with Gasteiger partial charge in [-0.3, -0.25) is 0 Å². The predicted molar refractivity (Wildman–Crippen MR) is 71.6 cm³/mol. The van der Waals surface area contributed by atoms with Crippen molar-refractivity contribution in [3.63, 3.8) is 0 Å². The summed E-state index contributed by atoms with van der Waals surface area (Å²) in [6.07, 6.45) is 1.97. The van der Waals surface area contributed by atoms with Gasteiger partial charge in [0.1, 0.15) is 0 Å². The van der Waals surface area contributed by atoms with Crippen molar-refractivity contribution in [1.29, 1.82) is 0 Å². The van der Waals surface area contributed by atoms with Crippen LogP contribution in [0.3, 0.4) is 0 Å². The number of pyridine rings is 1. The maximum absolute atomic E-state index is 5.75. The lowest BCUT2D eigenvalue weighted by Crippen LogP contribution is -2.07. The summed E-state index contributed by atoms with van der Waals surface area (Å²) in [5, 5.41) is 2.35. The van der Waals surface area contributed by atoms with Gasteiger partial charge < -0.3 is 4.74 Å². The van der Waals surface area contributed by atoms with E-state index in [1.165, 1.54) is 10.9 Å². The highest BCUT2D eigenvalue weighted by atomic mass is 16.5. The number of nitrogens with zero attached hydrogens (tertiary/aromatic N) is 1. The Labute approximate surface area is 103 Å². The lowest BCUT2D eigenvalue weighted by atomic mass is 9.97. The van der Waals surface area contributed by atoms with Crippen LogP contribution in [0.5, 0.6) is 5.88 Å². The molecule has 0 saturated heterocycles. The van der Waals surface area contributed by atoms with Gasteiger partial charge >= 0.3 is 0 Å². The standard InChI is InChI=1S/C15H19NO/c1-10(2)12-6-5-7-14-13(12)8-9-16-15(14)17-11(3)4/h5-11H,1-4H3. The molecule has 2 aromatic rings. The number of fused-ring (bicyclic) bond motifs is 1. The Kier molecular flexibility index (Phi) is 3.32. The molecule has 0 amide bonds. The summed E-state index contributed by atoms with van der Waals surface area (Å²) >= 11 is 0. The van der Waals surface area contributed by atoms with E-state index in [0.29, 0.717) is 5.92 Å². The summed E-state index contributed by atoms with van der Waals surface area (Å²) in [7, 11) is 0. The molecule has 2 nitrogen and oxygen atoms in total. The lowest BCUT2D eigenvalue weighted by Gasteiger charge is -2.14. The van der Waals surface area contributed by atoms with Crippen LogP contribution in [0, 0.1) is 0 Å². The van der Waals surface area contributed by atoms with Gasteiger partial charge in [-0.05, 0) is 42.8 Å². The van der Waals surface area contributed by atoms with Crippen molar-refractivity contribution < 1.29 is 4.74 Å². The van der Waals surface area contributed by atoms with Gasteiger partial charge in [0.15, 0.2) is 0 Å². The molecule has 0 fully saturated rings. The number of hydrogen-bond acceptors (Lipinski definition) is 2. The van der Waals surface area contributed by atoms with E-state index >= 15 is 0 Å². The highest BCUT2D eigenvalue weighted by Gasteiger charge is 2.09. The molecule has 1 aromatic carbocycles. The molecule has 0 saturated carbocycles. The maximum atomic E-state index is 5.75. The van der Waals surface area contributed by atoms with Crippen molar-refractivity contribution in [2.75, 3.05) is 0 Å². The average molecular weight is 229 g/mol. The first kappa shape index (κ1) is 11.9. The monoisotopic (exact) mass is 229 g/mol. The Balaban J connectivity index is 2.61. The molecule has 0 aliphatic carbocycles. The van der Waals surface area contributed by atoms with Gasteiger partial charge in [-0.1, -0.05) is 26.0 Å². The molecule has 1 aromatic heterocycles. The summed E-state index contributed by atoms with van der Waals surface area (Å²) in [6, 6.07) is 8.39. The molecule has 0 spiro atoms. The molecular weight excluding hydrogens is 210 g/mol. The molecule has 90 valence electrons. The SMILES string of the molecule is CC(C)Oc1nccc2c(C(C)C)cccc12. The van der Waals surface area contributed by atoms with Gasteiger partial charge in [-0.25, -0.2) is 4.98 Å². The van der Waals surface area contributed by atoms with E-state index in [0.717, 1.165) is 11.3 Å². The third-order valence-corrected chi connectivity index (χ3v) is 2.77. The van der Waals surface area contributed by atoms with Crippen molar-refractivity contribution in [3.05, 3.63) is 36.0 Å². The highest BCUT2D eigenvalue weighted by molar-refractivity contribution is 5.89. The van der Waals surface area contributed by atoms with Gasteiger partial charge in [-0.15, -0.1) is 0 Å². The average Bonchev–Trinajstić information content (AvgIpc) is 2.28. The molecule has 17 heavy (non-hydrogen) atoms. The molecule has 2 heteroatoms. The molecule has 2 rings (SSSR count). The van der Waals surface area contributed by atoms with Crippen molar-refractivity contribution in [2.24, 2.45) is 0 Å². The zero-order chi connectivity index (χ0) is 12.4.